The minimum absolute atomic E-state index is 0.0779. The summed E-state index contributed by atoms with van der Waals surface area (Å²) >= 11 is 6.35. The van der Waals surface area contributed by atoms with E-state index in [1.54, 1.807) is 37.4 Å². The highest BCUT2D eigenvalue weighted by molar-refractivity contribution is 6.32. The Balaban J connectivity index is 1.66. The molecular weight excluding hydrogens is 486 g/mol. The second-order valence-corrected chi connectivity index (χ2v) is 8.27. The number of aliphatic hydroxyl groups excluding tert-OH is 1. The summed E-state index contributed by atoms with van der Waals surface area (Å²) in [6.45, 7) is 3.16. The molecule has 0 fully saturated rings. The number of carbonyl (C=O) groups excluding carboxylic acids is 1. The SMILES string of the molecule is Cc1ccc(NC(=O)[C@H](COC(C)CO)Oc2ncnc3c2cnn3-c2c(Cl)cccc2C#N)nc1. The van der Waals surface area contributed by atoms with Crippen LogP contribution in [0, 0.1) is 18.3 Å². The van der Waals surface area contributed by atoms with Crippen molar-refractivity contribution in [1.82, 2.24) is 24.7 Å². The molecule has 184 valence electrons. The summed E-state index contributed by atoms with van der Waals surface area (Å²) in [5.41, 5.74) is 1.94. The van der Waals surface area contributed by atoms with Crippen LogP contribution in [0.25, 0.3) is 16.7 Å². The molecular formula is C24H22ClN7O4. The van der Waals surface area contributed by atoms with Gasteiger partial charge in [-0.05, 0) is 37.6 Å². The molecule has 1 unspecified atom stereocenters. The number of pyridine rings is 1. The van der Waals surface area contributed by atoms with Crippen LogP contribution in [0.4, 0.5) is 5.82 Å². The molecule has 1 aromatic carbocycles. The number of carbonyl (C=O) groups is 1. The standard InChI is InChI=1S/C24H22ClN7O4/c1-14-6-7-20(27-9-14)31-23(34)19(12-35-15(2)11-33)36-24-17-10-30-32(22(17)28-13-29-24)21-16(8-26)4-3-5-18(21)25/h3-7,9-10,13,15,19,33H,11-12H2,1-2H3,(H,27,31,34)/t15?,19-/m0/s1. The third-order valence-corrected chi connectivity index (χ3v) is 5.45. The molecule has 2 atom stereocenters. The molecule has 1 amide bonds. The van der Waals surface area contributed by atoms with Crippen molar-refractivity contribution in [2.75, 3.05) is 18.5 Å². The van der Waals surface area contributed by atoms with E-state index in [1.165, 1.54) is 17.2 Å². The van der Waals surface area contributed by atoms with Crippen molar-refractivity contribution >= 4 is 34.4 Å². The van der Waals surface area contributed by atoms with Gasteiger partial charge in [-0.25, -0.2) is 19.6 Å². The van der Waals surface area contributed by atoms with Crippen LogP contribution in [-0.2, 0) is 9.53 Å². The van der Waals surface area contributed by atoms with Crippen LogP contribution in [0.1, 0.15) is 18.1 Å². The van der Waals surface area contributed by atoms with Crippen LogP contribution in [0.5, 0.6) is 5.88 Å². The van der Waals surface area contributed by atoms with Crippen molar-refractivity contribution < 1.29 is 19.4 Å². The van der Waals surface area contributed by atoms with E-state index >= 15 is 0 Å². The van der Waals surface area contributed by atoms with Gasteiger partial charge in [-0.15, -0.1) is 0 Å². The Kier molecular flexibility index (Phi) is 7.70. The van der Waals surface area contributed by atoms with Gasteiger partial charge >= 0.3 is 0 Å². The number of nitriles is 1. The predicted octanol–water partition coefficient (Wildman–Crippen LogP) is 2.83. The largest absolute Gasteiger partial charge is 0.461 e. The maximum Gasteiger partial charge on any atom is 0.269 e. The number of rotatable bonds is 9. The fraction of sp³-hybridized carbons (Fsp3) is 0.250. The second-order valence-electron chi connectivity index (χ2n) is 7.86. The molecule has 0 bridgehead atoms. The Morgan fingerprint density at radius 2 is 2.08 bits per heavy atom. The molecule has 0 saturated carbocycles. The van der Waals surface area contributed by atoms with Crippen LogP contribution in [0.3, 0.4) is 0 Å². The van der Waals surface area contributed by atoms with Crippen LogP contribution in [0.2, 0.25) is 5.02 Å². The molecule has 0 spiro atoms. The molecule has 2 N–H and O–H groups in total. The number of aryl methyl sites for hydroxylation is 1. The maximum absolute atomic E-state index is 13.1. The molecule has 4 rings (SSSR count). The number of nitrogens with zero attached hydrogens (tertiary/aromatic N) is 6. The Bertz CT molecular complexity index is 1420. The predicted molar refractivity (Wildman–Crippen MR) is 131 cm³/mol. The first-order valence-electron chi connectivity index (χ1n) is 10.9. The highest BCUT2D eigenvalue weighted by atomic mass is 35.5. The van der Waals surface area contributed by atoms with Gasteiger partial charge < -0.3 is 19.9 Å². The Morgan fingerprint density at radius 1 is 1.25 bits per heavy atom. The second kappa shape index (κ2) is 11.1. The van der Waals surface area contributed by atoms with Gasteiger partial charge in [0.2, 0.25) is 12.0 Å². The number of aromatic nitrogens is 5. The molecule has 3 aromatic heterocycles. The van der Waals surface area contributed by atoms with E-state index in [1.807, 2.05) is 13.0 Å². The summed E-state index contributed by atoms with van der Waals surface area (Å²) in [6.07, 6.45) is 2.69. The molecule has 4 aromatic rings. The topological polar surface area (TPSA) is 148 Å². The average Bonchev–Trinajstić information content (AvgIpc) is 3.31. The highest BCUT2D eigenvalue weighted by Crippen LogP contribution is 2.29. The lowest BCUT2D eigenvalue weighted by molar-refractivity contribution is -0.127. The van der Waals surface area contributed by atoms with Crippen molar-refractivity contribution in [3.63, 3.8) is 0 Å². The lowest BCUT2D eigenvalue weighted by Gasteiger charge is -2.20. The number of fused-ring (bicyclic) bond motifs is 1. The number of nitrogens with one attached hydrogen (secondary N) is 1. The first-order chi connectivity index (χ1) is 17.4. The number of hydrogen-bond acceptors (Lipinski definition) is 9. The van der Waals surface area contributed by atoms with Crippen molar-refractivity contribution in [1.29, 1.82) is 5.26 Å². The van der Waals surface area contributed by atoms with Crippen LogP contribution in [-0.4, -0.2) is 61.2 Å². The van der Waals surface area contributed by atoms with E-state index < -0.39 is 18.1 Å². The van der Waals surface area contributed by atoms with Gasteiger partial charge in [0.15, 0.2) is 5.65 Å². The van der Waals surface area contributed by atoms with E-state index in [0.29, 0.717) is 33.1 Å². The van der Waals surface area contributed by atoms with Crippen molar-refractivity contribution in [2.45, 2.75) is 26.1 Å². The molecule has 12 heteroatoms. The van der Waals surface area contributed by atoms with Crippen LogP contribution >= 0.6 is 11.6 Å². The van der Waals surface area contributed by atoms with Gasteiger partial charge in [0.25, 0.3) is 5.91 Å². The Hall–Kier alpha value is -4.11. The van der Waals surface area contributed by atoms with Crippen molar-refractivity contribution in [3.05, 3.63) is 65.2 Å². The molecule has 0 aliphatic carbocycles. The lowest BCUT2D eigenvalue weighted by Crippen LogP contribution is -2.38. The number of anilines is 1. The molecule has 11 nitrogen and oxygen atoms in total. The van der Waals surface area contributed by atoms with E-state index in [0.717, 1.165) is 5.56 Å². The minimum Gasteiger partial charge on any atom is -0.461 e. The number of hydrogen-bond donors (Lipinski definition) is 2. The van der Waals surface area contributed by atoms with Gasteiger partial charge in [0, 0.05) is 6.20 Å². The third kappa shape index (κ3) is 5.41. The van der Waals surface area contributed by atoms with Gasteiger partial charge in [-0.2, -0.15) is 10.4 Å². The van der Waals surface area contributed by atoms with Gasteiger partial charge in [-0.3, -0.25) is 4.79 Å². The molecule has 0 aliphatic rings. The normalized spacial score (nSPS) is 12.6. The molecule has 3 heterocycles. The van der Waals surface area contributed by atoms with Crippen molar-refractivity contribution in [3.8, 4) is 17.6 Å². The summed E-state index contributed by atoms with van der Waals surface area (Å²) in [7, 11) is 0. The molecule has 36 heavy (non-hydrogen) atoms. The van der Waals surface area contributed by atoms with Crippen molar-refractivity contribution in [2.24, 2.45) is 0 Å². The lowest BCUT2D eigenvalue weighted by atomic mass is 10.2. The molecule has 0 saturated heterocycles. The van der Waals surface area contributed by atoms with Gasteiger partial charge in [-0.1, -0.05) is 23.7 Å². The number of halogens is 1. The molecule has 0 radical (unpaired) electrons. The number of benzene rings is 1. The zero-order valence-electron chi connectivity index (χ0n) is 19.4. The average molecular weight is 508 g/mol. The quantitative estimate of drug-likeness (QED) is 0.348. The smallest absolute Gasteiger partial charge is 0.269 e. The third-order valence-electron chi connectivity index (χ3n) is 5.15. The fourth-order valence-electron chi connectivity index (χ4n) is 3.25. The summed E-state index contributed by atoms with van der Waals surface area (Å²) in [6, 6.07) is 10.5. The number of para-hydroxylation sites is 1. The van der Waals surface area contributed by atoms with Crippen LogP contribution < -0.4 is 10.1 Å². The zero-order chi connectivity index (χ0) is 25.7. The van der Waals surface area contributed by atoms with E-state index in [9.17, 15) is 15.2 Å². The van der Waals surface area contributed by atoms with Gasteiger partial charge in [0.1, 0.15) is 29.3 Å². The summed E-state index contributed by atoms with van der Waals surface area (Å²) in [5, 5.41) is 26.6. The molecule has 0 aliphatic heterocycles. The number of ether oxygens (including phenoxy) is 2. The maximum atomic E-state index is 13.1. The highest BCUT2D eigenvalue weighted by Gasteiger charge is 2.25. The monoisotopic (exact) mass is 507 g/mol. The first-order valence-corrected chi connectivity index (χ1v) is 11.3. The summed E-state index contributed by atoms with van der Waals surface area (Å²) in [4.78, 5) is 25.7. The summed E-state index contributed by atoms with van der Waals surface area (Å²) < 4.78 is 12.9. The van der Waals surface area contributed by atoms with Gasteiger partial charge in [0.05, 0.1) is 36.1 Å². The zero-order valence-corrected chi connectivity index (χ0v) is 20.2. The Labute approximate surface area is 211 Å². The van der Waals surface area contributed by atoms with E-state index in [2.05, 4.69) is 31.4 Å². The Morgan fingerprint density at radius 3 is 2.81 bits per heavy atom. The number of aliphatic hydroxyl groups is 1. The van der Waals surface area contributed by atoms with Crippen LogP contribution in [0.15, 0.2) is 49.1 Å². The van der Waals surface area contributed by atoms with E-state index in [-0.39, 0.29) is 19.1 Å². The van der Waals surface area contributed by atoms with E-state index in [4.69, 9.17) is 21.1 Å². The number of amides is 1. The minimum atomic E-state index is -1.14. The first kappa shape index (κ1) is 25.0. The fourth-order valence-corrected chi connectivity index (χ4v) is 3.51. The summed E-state index contributed by atoms with van der Waals surface area (Å²) in [5.74, 6) is -0.0968.